The summed E-state index contributed by atoms with van der Waals surface area (Å²) in [6.07, 6.45) is 10.7. The molecule has 0 bridgehead atoms. The van der Waals surface area contributed by atoms with Gasteiger partial charge in [0.25, 0.3) is 0 Å². The summed E-state index contributed by atoms with van der Waals surface area (Å²) in [5.41, 5.74) is 3.15. The first-order chi connectivity index (χ1) is 15.1. The van der Waals surface area contributed by atoms with Crippen LogP contribution in [0.5, 0.6) is 0 Å². The SMILES string of the molecule is CC1CCCCN1CCNC(=O)CN1CC=C(c2cnn(-c3ccc(F)cc3)c2)CC1. The number of carbonyl (C=O) groups excluding carboxylic acids is 1. The van der Waals surface area contributed by atoms with Crippen molar-refractivity contribution >= 4 is 11.5 Å². The molecule has 1 aromatic heterocycles. The van der Waals surface area contributed by atoms with Crippen molar-refractivity contribution in [1.29, 1.82) is 0 Å². The highest BCUT2D eigenvalue weighted by atomic mass is 19.1. The zero-order chi connectivity index (χ0) is 21.6. The number of hydrogen-bond donors (Lipinski definition) is 1. The maximum Gasteiger partial charge on any atom is 0.234 e. The molecule has 1 unspecified atom stereocenters. The van der Waals surface area contributed by atoms with Crippen molar-refractivity contribution in [3.63, 3.8) is 0 Å². The van der Waals surface area contributed by atoms with Crippen molar-refractivity contribution in [2.24, 2.45) is 0 Å². The molecule has 0 spiro atoms. The Hall–Kier alpha value is -2.51. The van der Waals surface area contributed by atoms with Crippen molar-refractivity contribution in [2.75, 3.05) is 39.3 Å². The lowest BCUT2D eigenvalue weighted by Gasteiger charge is -2.33. The molecule has 1 saturated heterocycles. The van der Waals surface area contributed by atoms with E-state index in [0.717, 1.165) is 50.4 Å². The average molecular weight is 426 g/mol. The lowest BCUT2D eigenvalue weighted by atomic mass is 10.0. The molecule has 2 aliphatic heterocycles. The minimum Gasteiger partial charge on any atom is -0.354 e. The van der Waals surface area contributed by atoms with Crippen LogP contribution in [0.25, 0.3) is 11.3 Å². The predicted molar refractivity (Wildman–Crippen MR) is 120 cm³/mol. The highest BCUT2D eigenvalue weighted by Gasteiger charge is 2.19. The molecule has 0 radical (unpaired) electrons. The molecule has 1 atom stereocenters. The monoisotopic (exact) mass is 425 g/mol. The normalized spacial score (nSPS) is 20.5. The molecule has 0 aliphatic carbocycles. The van der Waals surface area contributed by atoms with Gasteiger partial charge in [-0.15, -0.1) is 0 Å². The van der Waals surface area contributed by atoms with Gasteiger partial charge in [-0.1, -0.05) is 12.5 Å². The fourth-order valence-electron chi connectivity index (χ4n) is 4.43. The van der Waals surface area contributed by atoms with Gasteiger partial charge < -0.3 is 5.32 Å². The van der Waals surface area contributed by atoms with Gasteiger partial charge in [0.05, 0.1) is 18.4 Å². The maximum absolute atomic E-state index is 13.1. The molecule has 6 nitrogen and oxygen atoms in total. The van der Waals surface area contributed by atoms with E-state index in [0.29, 0.717) is 12.6 Å². The number of carbonyl (C=O) groups is 1. The van der Waals surface area contributed by atoms with Crippen LogP contribution in [0.2, 0.25) is 0 Å². The van der Waals surface area contributed by atoms with Gasteiger partial charge in [-0.25, -0.2) is 9.07 Å². The van der Waals surface area contributed by atoms with Gasteiger partial charge in [-0.2, -0.15) is 5.10 Å². The summed E-state index contributed by atoms with van der Waals surface area (Å²) < 4.78 is 14.9. The first kappa shape index (κ1) is 21.7. The molecule has 1 aromatic carbocycles. The third-order valence-electron chi connectivity index (χ3n) is 6.37. The van der Waals surface area contributed by atoms with E-state index in [-0.39, 0.29) is 11.7 Å². The Balaban J connectivity index is 1.23. The van der Waals surface area contributed by atoms with Crippen LogP contribution in [0.15, 0.2) is 42.7 Å². The smallest absolute Gasteiger partial charge is 0.234 e. The summed E-state index contributed by atoms with van der Waals surface area (Å²) >= 11 is 0. The summed E-state index contributed by atoms with van der Waals surface area (Å²) in [5.74, 6) is -0.151. The Morgan fingerprint density at radius 2 is 2.06 bits per heavy atom. The van der Waals surface area contributed by atoms with Gasteiger partial charge in [0, 0.05) is 44.0 Å². The first-order valence-corrected chi connectivity index (χ1v) is 11.3. The van der Waals surface area contributed by atoms with Crippen LogP contribution < -0.4 is 5.32 Å². The number of rotatable bonds is 7. The van der Waals surface area contributed by atoms with E-state index in [4.69, 9.17) is 0 Å². The maximum atomic E-state index is 13.1. The number of benzene rings is 1. The minimum atomic E-state index is -0.253. The minimum absolute atomic E-state index is 0.102. The number of nitrogens with one attached hydrogen (secondary N) is 1. The predicted octanol–water partition coefficient (Wildman–Crippen LogP) is 3.09. The third-order valence-corrected chi connectivity index (χ3v) is 6.37. The van der Waals surface area contributed by atoms with Crippen LogP contribution in [-0.4, -0.2) is 70.8 Å². The van der Waals surface area contributed by atoms with Crippen molar-refractivity contribution in [2.45, 2.75) is 38.6 Å². The van der Waals surface area contributed by atoms with Gasteiger partial charge in [0.2, 0.25) is 5.91 Å². The van der Waals surface area contributed by atoms with Gasteiger partial charge in [-0.05, 0) is 62.6 Å². The van der Waals surface area contributed by atoms with Gasteiger partial charge in [-0.3, -0.25) is 14.6 Å². The fraction of sp³-hybridized carbons (Fsp3) is 0.500. The van der Waals surface area contributed by atoms with E-state index in [1.165, 1.54) is 37.0 Å². The number of likely N-dealkylation sites (tertiary alicyclic amines) is 1. The van der Waals surface area contributed by atoms with Crippen LogP contribution in [0, 0.1) is 5.82 Å². The fourth-order valence-corrected chi connectivity index (χ4v) is 4.43. The van der Waals surface area contributed by atoms with Gasteiger partial charge >= 0.3 is 0 Å². The summed E-state index contributed by atoms with van der Waals surface area (Å²) in [7, 11) is 0. The lowest BCUT2D eigenvalue weighted by Crippen LogP contribution is -2.44. The Labute approximate surface area is 183 Å². The second-order valence-corrected chi connectivity index (χ2v) is 8.60. The standard InChI is InChI=1S/C24H32FN5O/c1-19-4-2-3-12-29(19)15-11-26-24(31)18-28-13-9-20(10-14-28)21-16-27-30(17-21)23-7-5-22(25)6-8-23/h5-9,16-17,19H,2-4,10-15,18H2,1H3,(H,26,31). The highest BCUT2D eigenvalue weighted by Crippen LogP contribution is 2.23. The van der Waals surface area contributed by atoms with Crippen molar-refractivity contribution in [3.05, 3.63) is 54.1 Å². The van der Waals surface area contributed by atoms with Crippen molar-refractivity contribution in [3.8, 4) is 5.69 Å². The molecule has 0 saturated carbocycles. The Morgan fingerprint density at radius 1 is 1.23 bits per heavy atom. The summed E-state index contributed by atoms with van der Waals surface area (Å²) in [5, 5.41) is 7.49. The molecule has 7 heteroatoms. The number of hydrogen-bond acceptors (Lipinski definition) is 4. The van der Waals surface area contributed by atoms with Crippen LogP contribution in [0.3, 0.4) is 0 Å². The molecule has 2 aromatic rings. The molecule has 1 N–H and O–H groups in total. The molecular weight excluding hydrogens is 393 g/mol. The zero-order valence-electron chi connectivity index (χ0n) is 18.3. The van der Waals surface area contributed by atoms with Gasteiger partial charge in [0.1, 0.15) is 5.82 Å². The molecule has 4 rings (SSSR count). The average Bonchev–Trinajstić information content (AvgIpc) is 3.26. The summed E-state index contributed by atoms with van der Waals surface area (Å²) in [4.78, 5) is 17.0. The molecule has 166 valence electrons. The molecule has 2 aliphatic rings. The number of piperidine rings is 1. The Morgan fingerprint density at radius 3 is 2.81 bits per heavy atom. The topological polar surface area (TPSA) is 53.4 Å². The van der Waals surface area contributed by atoms with Crippen molar-refractivity contribution in [1.82, 2.24) is 24.9 Å². The first-order valence-electron chi connectivity index (χ1n) is 11.3. The number of halogens is 1. The van der Waals surface area contributed by atoms with Crippen LogP contribution in [0.4, 0.5) is 4.39 Å². The molecule has 1 fully saturated rings. The number of aromatic nitrogens is 2. The van der Waals surface area contributed by atoms with E-state index < -0.39 is 0 Å². The van der Waals surface area contributed by atoms with E-state index in [2.05, 4.69) is 33.2 Å². The zero-order valence-corrected chi connectivity index (χ0v) is 18.3. The van der Waals surface area contributed by atoms with E-state index in [1.54, 1.807) is 16.8 Å². The number of amides is 1. The van der Waals surface area contributed by atoms with E-state index >= 15 is 0 Å². The molecule has 1 amide bonds. The van der Waals surface area contributed by atoms with Crippen LogP contribution in [-0.2, 0) is 4.79 Å². The Bertz CT molecular complexity index is 907. The van der Waals surface area contributed by atoms with Gasteiger partial charge in [0.15, 0.2) is 0 Å². The van der Waals surface area contributed by atoms with E-state index in [1.807, 2.05) is 12.4 Å². The quantitative estimate of drug-likeness (QED) is 0.741. The summed E-state index contributed by atoms with van der Waals surface area (Å²) in [6, 6.07) is 6.93. The molecule has 3 heterocycles. The summed E-state index contributed by atoms with van der Waals surface area (Å²) in [6.45, 7) is 7.14. The molecule has 31 heavy (non-hydrogen) atoms. The van der Waals surface area contributed by atoms with E-state index in [9.17, 15) is 9.18 Å². The lowest BCUT2D eigenvalue weighted by molar-refractivity contribution is -0.122. The second-order valence-electron chi connectivity index (χ2n) is 8.60. The van der Waals surface area contributed by atoms with Crippen molar-refractivity contribution < 1.29 is 9.18 Å². The van der Waals surface area contributed by atoms with Crippen LogP contribution in [0.1, 0.15) is 38.2 Å². The second kappa shape index (κ2) is 10.2. The highest BCUT2D eigenvalue weighted by molar-refractivity contribution is 5.78. The molecular formula is C24H32FN5O. The number of nitrogens with zero attached hydrogens (tertiary/aromatic N) is 4. The largest absolute Gasteiger partial charge is 0.354 e. The van der Waals surface area contributed by atoms with Crippen LogP contribution >= 0.6 is 0 Å². The third kappa shape index (κ3) is 5.80. The Kier molecular flexibility index (Phi) is 7.14.